The van der Waals surface area contributed by atoms with Gasteiger partial charge in [-0.3, -0.25) is 29.4 Å². The number of nitro benzene ring substituents is 1. The number of carbonyl (C=O) groups is 3. The fourth-order valence-electron chi connectivity index (χ4n) is 2.53. The first-order chi connectivity index (χ1) is 12.8. The van der Waals surface area contributed by atoms with Gasteiger partial charge in [-0.25, -0.2) is 0 Å². The average Bonchev–Trinajstić information content (AvgIpc) is 3.15. The van der Waals surface area contributed by atoms with E-state index in [0.29, 0.717) is 34.4 Å². The number of carbonyl (C=O) groups excluding carboxylic acids is 3. The van der Waals surface area contributed by atoms with E-state index in [9.17, 15) is 24.5 Å². The molecule has 0 unspecified atom stereocenters. The van der Waals surface area contributed by atoms with Crippen LogP contribution in [0, 0.1) is 17.0 Å². The van der Waals surface area contributed by atoms with Gasteiger partial charge < -0.3 is 10.2 Å². The minimum absolute atomic E-state index is 0.0221. The van der Waals surface area contributed by atoms with Crippen LogP contribution in [0.5, 0.6) is 0 Å². The van der Waals surface area contributed by atoms with Crippen molar-refractivity contribution in [1.82, 2.24) is 4.90 Å². The predicted octanol–water partition coefficient (Wildman–Crippen LogP) is 2.68. The Labute approximate surface area is 157 Å². The minimum atomic E-state index is -0.785. The van der Waals surface area contributed by atoms with Crippen molar-refractivity contribution in [2.24, 2.45) is 5.73 Å². The lowest BCUT2D eigenvalue weighted by Crippen LogP contribution is -2.36. The molecule has 1 saturated heterocycles. The molecule has 0 spiro atoms. The standard InChI is InChI=1S/C17H13N3O6S/c1-9-6-10(20(24)25)2-4-12(9)13-5-3-11(26-13)7-14-16(22)19(8-15(18)21)17(23)27-14/h2-7H,8H2,1H3,(H2,18,21)/b14-7-. The fourth-order valence-corrected chi connectivity index (χ4v) is 3.35. The maximum absolute atomic E-state index is 12.2. The molecule has 0 aliphatic carbocycles. The van der Waals surface area contributed by atoms with Gasteiger partial charge in [-0.15, -0.1) is 0 Å². The average molecular weight is 387 g/mol. The molecule has 1 aromatic carbocycles. The van der Waals surface area contributed by atoms with Gasteiger partial charge >= 0.3 is 0 Å². The van der Waals surface area contributed by atoms with Gasteiger partial charge in [-0.1, -0.05) is 0 Å². The zero-order valence-corrected chi connectivity index (χ0v) is 14.8. The van der Waals surface area contributed by atoms with Gasteiger partial charge in [0.2, 0.25) is 5.91 Å². The summed E-state index contributed by atoms with van der Waals surface area (Å²) in [5.41, 5.74) is 6.34. The molecule has 2 aromatic rings. The van der Waals surface area contributed by atoms with Crippen LogP contribution in [0.15, 0.2) is 39.7 Å². The molecule has 1 fully saturated rings. The monoisotopic (exact) mass is 387 g/mol. The number of imide groups is 1. The quantitative estimate of drug-likeness (QED) is 0.473. The summed E-state index contributed by atoms with van der Waals surface area (Å²) >= 11 is 0.688. The van der Waals surface area contributed by atoms with E-state index in [1.165, 1.54) is 18.2 Å². The summed E-state index contributed by atoms with van der Waals surface area (Å²) in [6, 6.07) is 7.66. The van der Waals surface area contributed by atoms with Crippen LogP contribution >= 0.6 is 11.8 Å². The molecular weight excluding hydrogens is 374 g/mol. The van der Waals surface area contributed by atoms with Crippen LogP contribution in [0.4, 0.5) is 10.5 Å². The summed E-state index contributed by atoms with van der Waals surface area (Å²) in [4.78, 5) is 46.2. The van der Waals surface area contributed by atoms with Gasteiger partial charge in [0, 0.05) is 23.8 Å². The molecule has 1 aliphatic heterocycles. The molecule has 0 saturated carbocycles. The summed E-state index contributed by atoms with van der Waals surface area (Å²) in [6.07, 6.45) is 1.40. The molecule has 3 rings (SSSR count). The number of rotatable bonds is 5. The Hall–Kier alpha value is -3.40. The molecule has 2 heterocycles. The van der Waals surface area contributed by atoms with E-state index in [2.05, 4.69) is 0 Å². The normalized spacial score (nSPS) is 15.6. The largest absolute Gasteiger partial charge is 0.457 e. The van der Waals surface area contributed by atoms with E-state index in [1.54, 1.807) is 25.1 Å². The van der Waals surface area contributed by atoms with Crippen LogP contribution in [0.25, 0.3) is 17.4 Å². The highest BCUT2D eigenvalue weighted by Gasteiger charge is 2.36. The lowest BCUT2D eigenvalue weighted by molar-refractivity contribution is -0.384. The Kier molecular flexibility index (Phi) is 4.82. The van der Waals surface area contributed by atoms with Crippen LogP contribution in [-0.4, -0.2) is 33.4 Å². The number of aryl methyl sites for hydroxylation is 1. The van der Waals surface area contributed by atoms with Gasteiger partial charge in [0.05, 0.1) is 9.83 Å². The van der Waals surface area contributed by atoms with Crippen molar-refractivity contribution in [1.29, 1.82) is 0 Å². The summed E-state index contributed by atoms with van der Waals surface area (Å²) in [5, 5.41) is 10.2. The third kappa shape index (κ3) is 3.75. The molecule has 9 nitrogen and oxygen atoms in total. The topological polar surface area (TPSA) is 137 Å². The second kappa shape index (κ2) is 7.08. The number of nitro groups is 1. The van der Waals surface area contributed by atoms with E-state index in [-0.39, 0.29) is 10.6 Å². The van der Waals surface area contributed by atoms with E-state index < -0.39 is 28.5 Å². The highest BCUT2D eigenvalue weighted by atomic mass is 32.2. The first kappa shape index (κ1) is 18.4. The summed E-state index contributed by atoms with van der Waals surface area (Å²) in [6.45, 7) is 1.24. The first-order valence-electron chi connectivity index (χ1n) is 7.65. The summed E-state index contributed by atoms with van der Waals surface area (Å²) < 4.78 is 5.68. The Bertz CT molecular complexity index is 1010. The van der Waals surface area contributed by atoms with Crippen molar-refractivity contribution >= 4 is 40.6 Å². The molecule has 27 heavy (non-hydrogen) atoms. The zero-order chi connectivity index (χ0) is 19.7. The molecule has 1 aliphatic rings. The summed E-state index contributed by atoms with van der Waals surface area (Å²) in [7, 11) is 0. The van der Waals surface area contributed by atoms with Gasteiger partial charge in [-0.05, 0) is 42.4 Å². The van der Waals surface area contributed by atoms with Crippen LogP contribution in [0.3, 0.4) is 0 Å². The zero-order valence-electron chi connectivity index (χ0n) is 14.0. The van der Waals surface area contributed by atoms with Crippen molar-refractivity contribution in [2.75, 3.05) is 6.54 Å². The van der Waals surface area contributed by atoms with Crippen molar-refractivity contribution in [2.45, 2.75) is 6.92 Å². The van der Waals surface area contributed by atoms with E-state index in [1.807, 2.05) is 0 Å². The molecule has 2 N–H and O–H groups in total. The second-order valence-corrected chi connectivity index (χ2v) is 6.69. The van der Waals surface area contributed by atoms with Gasteiger partial charge in [0.25, 0.3) is 16.8 Å². The van der Waals surface area contributed by atoms with E-state index >= 15 is 0 Å². The molecule has 0 bridgehead atoms. The maximum Gasteiger partial charge on any atom is 0.294 e. The van der Waals surface area contributed by atoms with Gasteiger partial charge in [-0.2, -0.15) is 0 Å². The van der Waals surface area contributed by atoms with Crippen LogP contribution in [-0.2, 0) is 9.59 Å². The van der Waals surface area contributed by atoms with Crippen LogP contribution in [0.2, 0.25) is 0 Å². The Morgan fingerprint density at radius 2 is 2.07 bits per heavy atom. The highest BCUT2D eigenvalue weighted by molar-refractivity contribution is 8.18. The second-order valence-electron chi connectivity index (χ2n) is 5.69. The number of thioether (sulfide) groups is 1. The molecular formula is C17H13N3O6S. The number of hydrogen-bond acceptors (Lipinski definition) is 7. The number of nitrogens with zero attached hydrogens (tertiary/aromatic N) is 2. The molecule has 10 heteroatoms. The number of benzene rings is 1. The van der Waals surface area contributed by atoms with Gasteiger partial charge in [0.1, 0.15) is 18.1 Å². The van der Waals surface area contributed by atoms with Crippen molar-refractivity contribution in [3.05, 3.63) is 56.7 Å². The fraction of sp³-hybridized carbons (Fsp3) is 0.118. The summed E-state index contributed by atoms with van der Waals surface area (Å²) in [5.74, 6) is -0.613. The predicted molar refractivity (Wildman–Crippen MR) is 97.4 cm³/mol. The van der Waals surface area contributed by atoms with Gasteiger partial charge in [0.15, 0.2) is 0 Å². The third-order valence-corrected chi connectivity index (χ3v) is 4.68. The van der Waals surface area contributed by atoms with Crippen molar-refractivity contribution in [3.8, 4) is 11.3 Å². The Morgan fingerprint density at radius 3 is 2.70 bits per heavy atom. The number of amides is 3. The number of hydrogen-bond donors (Lipinski definition) is 1. The SMILES string of the molecule is Cc1cc([N+](=O)[O-])ccc1-c1ccc(/C=C2\SC(=O)N(CC(N)=O)C2=O)o1. The number of furan rings is 1. The Morgan fingerprint density at radius 1 is 1.33 bits per heavy atom. The van der Waals surface area contributed by atoms with E-state index in [4.69, 9.17) is 10.2 Å². The number of nitrogens with two attached hydrogens (primary N) is 1. The maximum atomic E-state index is 12.2. The highest BCUT2D eigenvalue weighted by Crippen LogP contribution is 2.34. The van der Waals surface area contributed by atoms with Crippen LogP contribution in [0.1, 0.15) is 11.3 Å². The molecule has 138 valence electrons. The lowest BCUT2D eigenvalue weighted by atomic mass is 10.1. The number of primary amides is 1. The van der Waals surface area contributed by atoms with Crippen LogP contribution < -0.4 is 5.73 Å². The Balaban J connectivity index is 1.86. The molecule has 0 radical (unpaired) electrons. The minimum Gasteiger partial charge on any atom is -0.457 e. The molecule has 1 aromatic heterocycles. The third-order valence-electron chi connectivity index (χ3n) is 3.77. The van der Waals surface area contributed by atoms with Crippen molar-refractivity contribution in [3.63, 3.8) is 0 Å². The van der Waals surface area contributed by atoms with Crippen molar-refractivity contribution < 1.29 is 23.7 Å². The first-order valence-corrected chi connectivity index (χ1v) is 8.47. The molecule has 0 atom stereocenters. The smallest absolute Gasteiger partial charge is 0.294 e. The number of non-ortho nitro benzene ring substituents is 1. The lowest BCUT2D eigenvalue weighted by Gasteiger charge is -2.08. The van der Waals surface area contributed by atoms with E-state index in [0.717, 1.165) is 4.90 Å². The molecule has 3 amide bonds.